The van der Waals surface area contributed by atoms with E-state index in [1.54, 1.807) is 13.0 Å². The van der Waals surface area contributed by atoms with Gasteiger partial charge in [-0.05, 0) is 36.2 Å². The molecular weight excluding hydrogens is 424 g/mol. The van der Waals surface area contributed by atoms with Gasteiger partial charge in [0, 0.05) is 13.3 Å². The molecular formula is C19H18F4N4O4. The quantitative estimate of drug-likeness (QED) is 0.694. The minimum atomic E-state index is -5.05. The first kappa shape index (κ1) is 22.3. The second-order valence-corrected chi connectivity index (χ2v) is 6.71. The van der Waals surface area contributed by atoms with Crippen molar-refractivity contribution in [1.29, 1.82) is 0 Å². The molecule has 166 valence electrons. The van der Waals surface area contributed by atoms with Crippen LogP contribution < -0.4 is 20.3 Å². The number of carbonyl (C=O) groups excluding carboxylic acids is 2. The highest BCUT2D eigenvalue weighted by molar-refractivity contribution is 6.08. The summed E-state index contributed by atoms with van der Waals surface area (Å²) < 4.78 is 59.8. The number of hydrogen-bond donors (Lipinski definition) is 2. The number of urea groups is 1. The van der Waals surface area contributed by atoms with E-state index in [-0.39, 0.29) is 24.5 Å². The van der Waals surface area contributed by atoms with Crippen LogP contribution in [-0.2, 0) is 9.53 Å². The number of rotatable bonds is 5. The zero-order valence-electron chi connectivity index (χ0n) is 16.4. The van der Waals surface area contributed by atoms with Gasteiger partial charge < -0.3 is 20.1 Å². The number of anilines is 2. The Kier molecular flexibility index (Phi) is 6.29. The Labute approximate surface area is 174 Å². The highest BCUT2D eigenvalue weighted by Gasteiger charge is 2.33. The minimum absolute atomic E-state index is 0.112. The molecule has 0 saturated carbocycles. The van der Waals surface area contributed by atoms with E-state index in [2.05, 4.69) is 20.4 Å². The number of methoxy groups -OCH3 is 1. The van der Waals surface area contributed by atoms with Crippen LogP contribution in [0.2, 0.25) is 0 Å². The van der Waals surface area contributed by atoms with Gasteiger partial charge in [0.15, 0.2) is 17.4 Å². The maximum atomic E-state index is 14.1. The number of aryl methyl sites for hydroxylation is 1. The fourth-order valence-electron chi connectivity index (χ4n) is 3.00. The fraction of sp³-hybridized carbons (Fsp3) is 0.316. The van der Waals surface area contributed by atoms with Crippen molar-refractivity contribution in [2.45, 2.75) is 19.3 Å². The summed E-state index contributed by atoms with van der Waals surface area (Å²) in [6.45, 7) is 1.36. The van der Waals surface area contributed by atoms with E-state index in [1.165, 1.54) is 19.4 Å². The van der Waals surface area contributed by atoms with E-state index in [0.29, 0.717) is 5.69 Å². The van der Waals surface area contributed by atoms with Gasteiger partial charge >= 0.3 is 12.4 Å². The van der Waals surface area contributed by atoms with E-state index in [1.807, 2.05) is 0 Å². The number of nitrogens with one attached hydrogen (secondary N) is 2. The molecule has 1 aliphatic heterocycles. The van der Waals surface area contributed by atoms with Gasteiger partial charge in [0.25, 0.3) is 0 Å². The van der Waals surface area contributed by atoms with Crippen molar-refractivity contribution < 1.29 is 36.6 Å². The summed E-state index contributed by atoms with van der Waals surface area (Å²) in [6.07, 6.45) is -3.52. The molecule has 1 aromatic carbocycles. The molecule has 0 spiro atoms. The number of hydrogen-bond acceptors (Lipinski definition) is 5. The Morgan fingerprint density at radius 3 is 2.74 bits per heavy atom. The zero-order chi connectivity index (χ0) is 22.8. The van der Waals surface area contributed by atoms with E-state index in [4.69, 9.17) is 4.74 Å². The summed E-state index contributed by atoms with van der Waals surface area (Å²) in [6, 6.07) is 2.80. The van der Waals surface area contributed by atoms with Crippen molar-refractivity contribution in [2.75, 3.05) is 30.5 Å². The molecule has 0 unspecified atom stereocenters. The molecule has 0 aliphatic carbocycles. The van der Waals surface area contributed by atoms with Gasteiger partial charge in [0.05, 0.1) is 18.3 Å². The number of benzene rings is 1. The SMILES string of the molecule is COC[C@H](NC(=O)N1CC(=O)Nc2cc(C)cnc21)c1ccc(OC(F)(F)F)c(F)c1. The predicted molar refractivity (Wildman–Crippen MR) is 101 cm³/mol. The van der Waals surface area contributed by atoms with Crippen LogP contribution in [0, 0.1) is 12.7 Å². The summed E-state index contributed by atoms with van der Waals surface area (Å²) in [5.74, 6) is -2.47. The number of alkyl halides is 3. The maximum Gasteiger partial charge on any atom is 0.573 e. The molecule has 3 amide bonds. The van der Waals surface area contributed by atoms with Gasteiger partial charge in [-0.15, -0.1) is 13.2 Å². The first-order chi connectivity index (χ1) is 14.6. The molecule has 1 aromatic heterocycles. The second kappa shape index (κ2) is 8.76. The van der Waals surface area contributed by atoms with Crippen LogP contribution >= 0.6 is 0 Å². The van der Waals surface area contributed by atoms with Crippen molar-refractivity contribution in [2.24, 2.45) is 0 Å². The van der Waals surface area contributed by atoms with Gasteiger partial charge in [0.2, 0.25) is 5.91 Å². The van der Waals surface area contributed by atoms with Crippen molar-refractivity contribution in [1.82, 2.24) is 10.3 Å². The fourth-order valence-corrected chi connectivity index (χ4v) is 3.00. The second-order valence-electron chi connectivity index (χ2n) is 6.71. The summed E-state index contributed by atoms with van der Waals surface area (Å²) in [7, 11) is 1.34. The Bertz CT molecular complexity index is 999. The molecule has 0 bridgehead atoms. The average molecular weight is 442 g/mol. The van der Waals surface area contributed by atoms with Crippen molar-refractivity contribution in [3.8, 4) is 5.75 Å². The smallest absolute Gasteiger partial charge is 0.403 e. The van der Waals surface area contributed by atoms with Gasteiger partial charge in [-0.25, -0.2) is 14.2 Å². The van der Waals surface area contributed by atoms with Gasteiger partial charge in [-0.2, -0.15) is 0 Å². The van der Waals surface area contributed by atoms with Crippen LogP contribution in [0.5, 0.6) is 5.75 Å². The van der Waals surface area contributed by atoms with Crippen molar-refractivity contribution >= 4 is 23.4 Å². The molecule has 0 saturated heterocycles. The Hall–Kier alpha value is -3.41. The lowest BCUT2D eigenvalue weighted by Crippen LogP contribution is -2.49. The standard InChI is InChI=1S/C19H18F4N4O4/c1-10-5-13-17(24-7-10)27(8-16(28)25-13)18(29)26-14(9-30-2)11-3-4-15(12(20)6-11)31-19(21,22)23/h3-7,14H,8-9H2,1-2H3,(H,25,28)(H,26,29)/t14-/m0/s1. The number of ether oxygens (including phenoxy) is 2. The number of halogens is 4. The van der Waals surface area contributed by atoms with Crippen LogP contribution in [0.4, 0.5) is 33.9 Å². The Morgan fingerprint density at radius 2 is 2.10 bits per heavy atom. The molecule has 1 atom stereocenters. The summed E-state index contributed by atoms with van der Waals surface area (Å²) in [5, 5.41) is 5.21. The number of nitrogens with zero attached hydrogens (tertiary/aromatic N) is 2. The molecule has 0 fully saturated rings. The third kappa shape index (κ3) is 5.40. The largest absolute Gasteiger partial charge is 0.573 e. The summed E-state index contributed by atoms with van der Waals surface area (Å²) >= 11 is 0. The Balaban J connectivity index is 1.83. The zero-order valence-corrected chi connectivity index (χ0v) is 16.4. The molecule has 2 N–H and O–H groups in total. The minimum Gasteiger partial charge on any atom is -0.403 e. The molecule has 12 heteroatoms. The van der Waals surface area contributed by atoms with Gasteiger partial charge in [-0.3, -0.25) is 9.69 Å². The van der Waals surface area contributed by atoms with Crippen molar-refractivity contribution in [3.05, 3.63) is 47.4 Å². The molecule has 3 rings (SSSR count). The molecule has 2 aromatic rings. The summed E-state index contributed by atoms with van der Waals surface area (Å²) in [5.41, 5.74) is 1.27. The van der Waals surface area contributed by atoms with Crippen LogP contribution in [0.25, 0.3) is 0 Å². The summed E-state index contributed by atoms with van der Waals surface area (Å²) in [4.78, 5) is 30.1. The number of carbonyl (C=O) groups is 2. The van der Waals surface area contributed by atoms with Crippen LogP contribution in [0.3, 0.4) is 0 Å². The lowest BCUT2D eigenvalue weighted by Gasteiger charge is -2.30. The highest BCUT2D eigenvalue weighted by Crippen LogP contribution is 2.30. The molecule has 0 radical (unpaired) electrons. The van der Waals surface area contributed by atoms with Crippen molar-refractivity contribution in [3.63, 3.8) is 0 Å². The number of pyridine rings is 1. The first-order valence-corrected chi connectivity index (χ1v) is 8.96. The monoisotopic (exact) mass is 442 g/mol. The third-order valence-corrected chi connectivity index (χ3v) is 4.30. The van der Waals surface area contributed by atoms with E-state index in [0.717, 1.165) is 22.6 Å². The van der Waals surface area contributed by atoms with E-state index >= 15 is 0 Å². The van der Waals surface area contributed by atoms with Gasteiger partial charge in [0.1, 0.15) is 6.54 Å². The molecule has 2 heterocycles. The van der Waals surface area contributed by atoms with Crippen LogP contribution in [0.1, 0.15) is 17.2 Å². The topological polar surface area (TPSA) is 92.8 Å². The first-order valence-electron chi connectivity index (χ1n) is 8.96. The maximum absolute atomic E-state index is 14.1. The average Bonchev–Trinajstić information content (AvgIpc) is 2.67. The normalized spacial score (nSPS) is 14.5. The molecule has 31 heavy (non-hydrogen) atoms. The van der Waals surface area contributed by atoms with Crippen LogP contribution in [-0.4, -0.2) is 43.5 Å². The van der Waals surface area contributed by atoms with E-state index in [9.17, 15) is 27.2 Å². The lowest BCUT2D eigenvalue weighted by molar-refractivity contribution is -0.275. The molecule has 8 nitrogen and oxygen atoms in total. The highest BCUT2D eigenvalue weighted by atomic mass is 19.4. The lowest BCUT2D eigenvalue weighted by atomic mass is 10.1. The predicted octanol–water partition coefficient (Wildman–Crippen LogP) is 3.28. The van der Waals surface area contributed by atoms with Crippen LogP contribution in [0.15, 0.2) is 30.5 Å². The van der Waals surface area contributed by atoms with E-state index < -0.39 is 35.9 Å². The van der Waals surface area contributed by atoms with Gasteiger partial charge in [-0.1, -0.05) is 6.07 Å². The third-order valence-electron chi connectivity index (χ3n) is 4.30. The molecule has 1 aliphatic rings. The number of aromatic nitrogens is 1. The number of fused-ring (bicyclic) bond motifs is 1. The number of amides is 3. The Morgan fingerprint density at radius 1 is 1.35 bits per heavy atom.